The lowest BCUT2D eigenvalue weighted by atomic mass is 9.84. The average Bonchev–Trinajstić information content (AvgIpc) is 2.52. The smallest absolute Gasteiger partial charge is 0.148 e. The Hall–Kier alpha value is -0.810. The number of nitrogens with zero attached hydrogens (tertiary/aromatic N) is 1. The van der Waals surface area contributed by atoms with E-state index in [1.807, 2.05) is 0 Å². The molecular weight excluding hydrogens is 481 g/mol. The highest BCUT2D eigenvalue weighted by Crippen LogP contribution is 2.47. The first kappa shape index (κ1) is 20.9. The monoisotopic (exact) mass is 484 g/mol. The lowest BCUT2D eigenvalue weighted by Crippen LogP contribution is -2.12. The Kier molecular flexibility index (Phi) is 6.41. The summed E-state index contributed by atoms with van der Waals surface area (Å²) in [5.41, 5.74) is -0.224. The minimum Gasteiger partial charge on any atom is -0.259 e. The van der Waals surface area contributed by atoms with Gasteiger partial charge in [0, 0.05) is 46.8 Å². The Morgan fingerprint density at radius 3 is 1.26 bits per heavy atom. The van der Waals surface area contributed by atoms with Gasteiger partial charge < -0.3 is 0 Å². The van der Waals surface area contributed by atoms with Crippen LogP contribution < -0.4 is 0 Å². The van der Waals surface area contributed by atoms with Gasteiger partial charge in [-0.3, -0.25) is 4.98 Å². The van der Waals surface area contributed by atoms with Crippen LogP contribution in [0.4, 0.5) is 8.78 Å². The van der Waals surface area contributed by atoms with E-state index in [-0.39, 0.29) is 47.2 Å². The van der Waals surface area contributed by atoms with Crippen LogP contribution in [-0.2, 0) is 0 Å². The van der Waals surface area contributed by atoms with Gasteiger partial charge in [0.05, 0.1) is 18.3 Å². The molecule has 0 fully saturated rings. The number of hydrogen-bond donors (Lipinski definition) is 0. The molecule has 0 unspecified atom stereocenters. The van der Waals surface area contributed by atoms with Gasteiger partial charge in [0.1, 0.15) is 11.6 Å². The quantitative estimate of drug-likeness (QED) is 0.363. The van der Waals surface area contributed by atoms with Crippen LogP contribution in [0.3, 0.4) is 0 Å². The van der Waals surface area contributed by atoms with E-state index >= 15 is 0 Å². The number of halogens is 8. The number of rotatable bonds is 3. The van der Waals surface area contributed by atoms with Gasteiger partial charge in [-0.1, -0.05) is 69.6 Å². The molecule has 2 aromatic carbocycles. The Balaban J connectivity index is 2.44. The zero-order valence-corrected chi connectivity index (χ0v) is 17.5. The second-order valence-electron chi connectivity index (χ2n) is 5.34. The van der Waals surface area contributed by atoms with E-state index in [9.17, 15) is 8.78 Å². The van der Waals surface area contributed by atoms with Gasteiger partial charge in [-0.15, -0.1) is 0 Å². The molecular formula is C18H6Cl6F2N. The van der Waals surface area contributed by atoms with Crippen molar-refractivity contribution in [3.8, 4) is 0 Å². The van der Waals surface area contributed by atoms with Crippen molar-refractivity contribution >= 4 is 69.6 Å². The molecule has 1 nitrogen and oxygen atoms in total. The predicted octanol–water partition coefficient (Wildman–Crippen LogP) is 8.30. The first-order valence-electron chi connectivity index (χ1n) is 7.17. The predicted molar refractivity (Wildman–Crippen MR) is 108 cm³/mol. The van der Waals surface area contributed by atoms with Crippen LogP contribution in [0, 0.1) is 17.6 Å². The van der Waals surface area contributed by atoms with Gasteiger partial charge in [0.2, 0.25) is 0 Å². The number of pyridine rings is 1. The molecule has 0 spiro atoms. The first-order chi connectivity index (χ1) is 12.7. The topological polar surface area (TPSA) is 12.9 Å². The molecule has 0 N–H and O–H groups in total. The molecule has 3 rings (SSSR count). The van der Waals surface area contributed by atoms with Crippen LogP contribution in [0.15, 0.2) is 36.7 Å². The summed E-state index contributed by atoms with van der Waals surface area (Å²) in [6.45, 7) is 0. The normalized spacial score (nSPS) is 11.3. The van der Waals surface area contributed by atoms with Gasteiger partial charge in [-0.05, 0) is 24.3 Å². The zero-order valence-electron chi connectivity index (χ0n) is 12.9. The maximum Gasteiger partial charge on any atom is 0.148 e. The average molecular weight is 487 g/mol. The second-order valence-corrected chi connectivity index (χ2v) is 7.84. The molecule has 1 heterocycles. The van der Waals surface area contributed by atoms with Crippen molar-refractivity contribution < 1.29 is 8.78 Å². The molecule has 1 aromatic heterocycles. The Morgan fingerprint density at radius 2 is 0.926 bits per heavy atom. The summed E-state index contributed by atoms with van der Waals surface area (Å²) in [5, 5.41) is 0.718. The van der Waals surface area contributed by atoms with Gasteiger partial charge in [-0.25, -0.2) is 8.78 Å². The lowest BCUT2D eigenvalue weighted by Gasteiger charge is -2.23. The number of benzene rings is 2. The highest BCUT2D eigenvalue weighted by atomic mass is 35.5. The fourth-order valence-electron chi connectivity index (χ4n) is 2.59. The van der Waals surface area contributed by atoms with Gasteiger partial charge in [0.15, 0.2) is 0 Å². The fraction of sp³-hybridized carbons (Fsp3) is 0. The van der Waals surface area contributed by atoms with E-state index in [2.05, 4.69) is 4.98 Å². The molecule has 27 heavy (non-hydrogen) atoms. The summed E-state index contributed by atoms with van der Waals surface area (Å²) in [7, 11) is 0. The highest BCUT2D eigenvalue weighted by Gasteiger charge is 2.32. The molecule has 0 aliphatic rings. The molecule has 0 saturated carbocycles. The molecule has 0 atom stereocenters. The SMILES string of the molecule is Fc1cncc(F)c1[C](c1c(Cl)cc(Cl)cc1Cl)c1c(Cl)cc(Cl)cc1Cl. The summed E-state index contributed by atoms with van der Waals surface area (Å²) < 4.78 is 29.2. The molecule has 0 aliphatic carbocycles. The van der Waals surface area contributed by atoms with Crippen molar-refractivity contribution in [1.82, 2.24) is 4.98 Å². The van der Waals surface area contributed by atoms with Crippen LogP contribution in [0.25, 0.3) is 0 Å². The van der Waals surface area contributed by atoms with Crippen LogP contribution in [0.1, 0.15) is 16.7 Å². The van der Waals surface area contributed by atoms with Gasteiger partial charge in [-0.2, -0.15) is 0 Å². The maximum absolute atomic E-state index is 14.6. The third-order valence-corrected chi connectivity index (χ3v) is 5.25. The molecule has 9 heteroatoms. The third-order valence-electron chi connectivity index (χ3n) is 3.62. The minimum atomic E-state index is -0.950. The van der Waals surface area contributed by atoms with Crippen molar-refractivity contribution in [3.05, 3.63) is 101 Å². The van der Waals surface area contributed by atoms with Crippen molar-refractivity contribution in [2.75, 3.05) is 0 Å². The third kappa shape index (κ3) is 4.14. The summed E-state index contributed by atoms with van der Waals surface area (Å²) in [4.78, 5) is 3.49. The Bertz CT molecular complexity index is 917. The number of hydrogen-bond acceptors (Lipinski definition) is 1. The summed E-state index contributed by atoms with van der Waals surface area (Å²) in [6.07, 6.45) is 1.71. The maximum atomic E-state index is 14.6. The molecule has 0 saturated heterocycles. The lowest BCUT2D eigenvalue weighted by molar-refractivity contribution is 0.557. The standard InChI is InChI=1S/C18H6Cl6F2N/c19-7-1-9(21)15(10(22)2-7)18(17-13(25)5-27-6-14(17)26)16-11(23)3-8(20)4-12(16)24/h1-6H. The minimum absolute atomic E-state index is 0.0502. The van der Waals surface area contributed by atoms with Crippen LogP contribution >= 0.6 is 69.6 Å². The first-order valence-corrected chi connectivity index (χ1v) is 9.43. The Labute approximate surface area is 183 Å². The van der Waals surface area contributed by atoms with E-state index in [0.717, 1.165) is 12.4 Å². The van der Waals surface area contributed by atoms with E-state index in [4.69, 9.17) is 69.6 Å². The van der Waals surface area contributed by atoms with Gasteiger partial charge in [0.25, 0.3) is 0 Å². The molecule has 1 radical (unpaired) electrons. The van der Waals surface area contributed by atoms with Gasteiger partial charge >= 0.3 is 0 Å². The molecule has 139 valence electrons. The van der Waals surface area contributed by atoms with Crippen LogP contribution in [0.5, 0.6) is 0 Å². The van der Waals surface area contributed by atoms with Crippen LogP contribution in [-0.4, -0.2) is 4.98 Å². The van der Waals surface area contributed by atoms with E-state index in [0.29, 0.717) is 0 Å². The summed E-state index contributed by atoms with van der Waals surface area (Å²) >= 11 is 37.1. The van der Waals surface area contributed by atoms with E-state index in [1.165, 1.54) is 24.3 Å². The highest BCUT2D eigenvalue weighted by molar-refractivity contribution is 6.41. The molecule has 0 amide bonds. The molecule has 3 aromatic rings. The molecule has 0 bridgehead atoms. The largest absolute Gasteiger partial charge is 0.259 e. The second kappa shape index (κ2) is 8.28. The summed E-state index contributed by atoms with van der Waals surface area (Å²) in [5.74, 6) is -1.95. The Morgan fingerprint density at radius 1 is 0.593 bits per heavy atom. The van der Waals surface area contributed by atoms with Crippen molar-refractivity contribution in [2.45, 2.75) is 0 Å². The summed E-state index contributed by atoms with van der Waals surface area (Å²) in [6, 6.07) is 5.55. The van der Waals surface area contributed by atoms with Crippen molar-refractivity contribution in [2.24, 2.45) is 0 Å². The fourth-order valence-corrected chi connectivity index (χ4v) is 4.60. The van der Waals surface area contributed by atoms with E-state index in [1.54, 1.807) is 0 Å². The number of aromatic nitrogens is 1. The molecule has 0 aliphatic heterocycles. The van der Waals surface area contributed by atoms with Crippen LogP contribution in [0.2, 0.25) is 30.1 Å². The zero-order chi connectivity index (χ0) is 19.9. The van der Waals surface area contributed by atoms with Crippen molar-refractivity contribution in [3.63, 3.8) is 0 Å². The van der Waals surface area contributed by atoms with Crippen molar-refractivity contribution in [1.29, 1.82) is 0 Å². The van der Waals surface area contributed by atoms with E-state index < -0.39 is 17.2 Å².